The SMILES string of the molecule is N.N.N.N.[Cu+2]. The van der Waals surface area contributed by atoms with Crippen molar-refractivity contribution >= 4 is 0 Å². The summed E-state index contributed by atoms with van der Waals surface area (Å²) in [6.45, 7) is 0. The standard InChI is InChI=1S/Cu.4H3N/h;4*1H3/q+2;;;;. The summed E-state index contributed by atoms with van der Waals surface area (Å²) in [6.07, 6.45) is 0. The monoisotopic (exact) mass is 131 g/mol. The Kier molecular flexibility index (Phi) is 60000. The molecule has 5 heteroatoms. The fraction of sp³-hybridized carbons (Fsp3) is 0. The summed E-state index contributed by atoms with van der Waals surface area (Å²) >= 11 is 0. The first-order chi connectivity index (χ1) is 0. The molecule has 0 saturated heterocycles. The molecule has 0 unspecified atom stereocenters. The van der Waals surface area contributed by atoms with E-state index in [0.29, 0.717) is 0 Å². The second-order valence-electron chi connectivity index (χ2n) is 0. The molecule has 0 rings (SSSR count). The first kappa shape index (κ1) is 788. The van der Waals surface area contributed by atoms with Gasteiger partial charge in [-0.3, -0.25) is 0 Å². The molecule has 0 fully saturated rings. The first-order valence-corrected chi connectivity index (χ1v) is 0. The van der Waals surface area contributed by atoms with Gasteiger partial charge in [0, 0.05) is 0 Å². The normalized spacial score (nSPS) is 0. The minimum absolute atomic E-state index is 0. The number of rotatable bonds is 0. The molecule has 0 saturated carbocycles. The zero-order valence-corrected chi connectivity index (χ0v) is 4.07. The van der Waals surface area contributed by atoms with E-state index in [4.69, 9.17) is 0 Å². The van der Waals surface area contributed by atoms with Crippen LogP contribution in [0.3, 0.4) is 0 Å². The van der Waals surface area contributed by atoms with Crippen LogP contribution in [0.1, 0.15) is 0 Å². The van der Waals surface area contributed by atoms with Crippen LogP contribution in [0, 0.1) is 0 Å². The third kappa shape index (κ3) is 188. The molecular weight excluding hydrogens is 120 g/mol. The Morgan fingerprint density at radius 2 is 0.400 bits per heavy atom. The topological polar surface area (TPSA) is 140 Å². The van der Waals surface area contributed by atoms with Gasteiger partial charge in [-0.15, -0.1) is 0 Å². The number of hydrogen-bond acceptors (Lipinski definition) is 4. The predicted molar refractivity (Wildman–Crippen MR) is 20.1 cm³/mol. The van der Waals surface area contributed by atoms with Crippen molar-refractivity contribution in [2.75, 3.05) is 0 Å². The molecule has 0 aliphatic rings. The van der Waals surface area contributed by atoms with Crippen molar-refractivity contribution in [2.45, 2.75) is 0 Å². The molecule has 41 valence electrons. The Hall–Kier alpha value is 0.359. The molecule has 0 aromatic rings. The van der Waals surface area contributed by atoms with E-state index in [-0.39, 0.29) is 41.7 Å². The summed E-state index contributed by atoms with van der Waals surface area (Å²) in [5.41, 5.74) is 0. The van der Waals surface area contributed by atoms with Crippen molar-refractivity contribution in [1.82, 2.24) is 24.6 Å². The summed E-state index contributed by atoms with van der Waals surface area (Å²) < 4.78 is 0. The molecule has 0 heterocycles. The van der Waals surface area contributed by atoms with E-state index in [1.807, 2.05) is 0 Å². The van der Waals surface area contributed by atoms with E-state index in [1.165, 1.54) is 0 Å². The molecule has 12 N–H and O–H groups in total. The third-order valence-electron chi connectivity index (χ3n) is 0. The van der Waals surface area contributed by atoms with Crippen LogP contribution in [-0.4, -0.2) is 0 Å². The zero-order valence-electron chi connectivity index (χ0n) is 3.13. The average molecular weight is 132 g/mol. The van der Waals surface area contributed by atoms with Crippen LogP contribution in [0.5, 0.6) is 0 Å². The van der Waals surface area contributed by atoms with Gasteiger partial charge in [0.25, 0.3) is 0 Å². The van der Waals surface area contributed by atoms with Crippen LogP contribution in [0.25, 0.3) is 0 Å². The van der Waals surface area contributed by atoms with Crippen LogP contribution in [0.2, 0.25) is 0 Å². The summed E-state index contributed by atoms with van der Waals surface area (Å²) in [5, 5.41) is 0. The molecule has 0 aliphatic carbocycles. The van der Waals surface area contributed by atoms with Gasteiger partial charge in [0.15, 0.2) is 0 Å². The minimum Gasteiger partial charge on any atom is -0.344 e. The predicted octanol–water partition coefficient (Wildman–Crippen LogP) is 0.645. The van der Waals surface area contributed by atoms with Crippen LogP contribution in [0.4, 0.5) is 0 Å². The zero-order chi connectivity index (χ0) is 0. The van der Waals surface area contributed by atoms with Crippen molar-refractivity contribution in [3.05, 3.63) is 0 Å². The maximum absolute atomic E-state index is 0. The van der Waals surface area contributed by atoms with E-state index in [0.717, 1.165) is 0 Å². The van der Waals surface area contributed by atoms with E-state index >= 15 is 0 Å². The Morgan fingerprint density at radius 3 is 0.400 bits per heavy atom. The van der Waals surface area contributed by atoms with Gasteiger partial charge in [0.1, 0.15) is 0 Å². The van der Waals surface area contributed by atoms with Gasteiger partial charge < -0.3 is 24.6 Å². The summed E-state index contributed by atoms with van der Waals surface area (Å²) in [4.78, 5) is 0. The van der Waals surface area contributed by atoms with Crippen molar-refractivity contribution in [3.63, 3.8) is 0 Å². The Morgan fingerprint density at radius 1 is 0.400 bits per heavy atom. The Labute approximate surface area is 42.5 Å². The molecule has 0 aromatic carbocycles. The molecule has 0 amide bonds. The van der Waals surface area contributed by atoms with Crippen LogP contribution >= 0.6 is 0 Å². The summed E-state index contributed by atoms with van der Waals surface area (Å²) in [6, 6.07) is 0. The van der Waals surface area contributed by atoms with Crippen LogP contribution in [0.15, 0.2) is 0 Å². The Balaban J connectivity index is 0. The second kappa shape index (κ2) is 381. The fourth-order valence-electron chi connectivity index (χ4n) is 0. The smallest absolute Gasteiger partial charge is 0.344 e. The largest absolute Gasteiger partial charge is 2.00 e. The van der Waals surface area contributed by atoms with Gasteiger partial charge >= 0.3 is 17.1 Å². The van der Waals surface area contributed by atoms with Gasteiger partial charge in [-0.25, -0.2) is 0 Å². The average Bonchev–Trinajstić information content (AvgIpc) is 0. The quantitative estimate of drug-likeness (QED) is 0.358. The van der Waals surface area contributed by atoms with Crippen molar-refractivity contribution < 1.29 is 17.1 Å². The van der Waals surface area contributed by atoms with Gasteiger partial charge in [-0.2, -0.15) is 0 Å². The Bertz CT molecular complexity index is 3.61. The number of hydrogen-bond donors (Lipinski definition) is 4. The molecule has 0 aliphatic heterocycles. The molecule has 0 aromatic heterocycles. The van der Waals surface area contributed by atoms with Crippen molar-refractivity contribution in [3.8, 4) is 0 Å². The van der Waals surface area contributed by atoms with E-state index < -0.39 is 0 Å². The molecule has 4 nitrogen and oxygen atoms in total. The molecule has 1 radical (unpaired) electrons. The van der Waals surface area contributed by atoms with E-state index in [9.17, 15) is 0 Å². The van der Waals surface area contributed by atoms with Crippen molar-refractivity contribution in [1.29, 1.82) is 0 Å². The van der Waals surface area contributed by atoms with E-state index in [1.54, 1.807) is 0 Å². The van der Waals surface area contributed by atoms with Gasteiger partial charge in [-0.05, 0) is 0 Å². The van der Waals surface area contributed by atoms with E-state index in [2.05, 4.69) is 0 Å². The first-order valence-electron chi connectivity index (χ1n) is 0. The van der Waals surface area contributed by atoms with Crippen molar-refractivity contribution in [2.24, 2.45) is 0 Å². The summed E-state index contributed by atoms with van der Waals surface area (Å²) in [7, 11) is 0. The van der Waals surface area contributed by atoms with Gasteiger partial charge in [0.05, 0.1) is 0 Å². The molecule has 5 heavy (non-hydrogen) atoms. The summed E-state index contributed by atoms with van der Waals surface area (Å²) in [5.74, 6) is 0. The maximum Gasteiger partial charge on any atom is 2.00 e. The van der Waals surface area contributed by atoms with Crippen LogP contribution < -0.4 is 24.6 Å². The molecule has 0 bridgehead atoms. The van der Waals surface area contributed by atoms with Gasteiger partial charge in [0.2, 0.25) is 0 Å². The molecular formula is H12CuN4+2. The van der Waals surface area contributed by atoms with Gasteiger partial charge in [-0.1, -0.05) is 0 Å². The maximum atomic E-state index is 0. The minimum atomic E-state index is 0. The fourth-order valence-corrected chi connectivity index (χ4v) is 0. The molecule has 0 spiro atoms. The van der Waals surface area contributed by atoms with Crippen LogP contribution in [-0.2, 0) is 17.1 Å². The second-order valence-corrected chi connectivity index (χ2v) is 0. The molecule has 0 atom stereocenters. The third-order valence-corrected chi connectivity index (χ3v) is 0.